The third kappa shape index (κ3) is 2.58. The molecule has 1 fully saturated rings. The molecule has 14 heavy (non-hydrogen) atoms. The van der Waals surface area contributed by atoms with Crippen molar-refractivity contribution in [3.8, 4) is 0 Å². The molecule has 1 amide bonds. The molecule has 4 nitrogen and oxygen atoms in total. The van der Waals surface area contributed by atoms with Crippen LogP contribution in [0.4, 0.5) is 0 Å². The van der Waals surface area contributed by atoms with Crippen LogP contribution >= 0.6 is 0 Å². The largest absolute Gasteiger partial charge is 0.464 e. The van der Waals surface area contributed by atoms with E-state index in [9.17, 15) is 9.59 Å². The van der Waals surface area contributed by atoms with Crippen molar-refractivity contribution in [1.29, 1.82) is 0 Å². The van der Waals surface area contributed by atoms with Gasteiger partial charge in [0.2, 0.25) is 6.41 Å². The van der Waals surface area contributed by atoms with Gasteiger partial charge in [-0.15, -0.1) is 0 Å². The maximum absolute atomic E-state index is 11.3. The average molecular weight is 197 g/mol. The van der Waals surface area contributed by atoms with Crippen LogP contribution in [0.1, 0.15) is 32.1 Å². The van der Waals surface area contributed by atoms with Crippen molar-refractivity contribution >= 4 is 12.4 Å². The zero-order valence-electron chi connectivity index (χ0n) is 8.34. The summed E-state index contributed by atoms with van der Waals surface area (Å²) in [7, 11) is 1.32. The maximum Gasteiger partial charge on any atom is 0.354 e. The number of hydrogen-bond acceptors (Lipinski definition) is 3. The number of amides is 1. The van der Waals surface area contributed by atoms with E-state index in [1.807, 2.05) is 0 Å². The second kappa shape index (κ2) is 5.42. The fraction of sp³-hybridized carbons (Fsp3) is 0.600. The fourth-order valence-corrected chi connectivity index (χ4v) is 1.69. The SMILES string of the molecule is COC(=O)C(NC=O)=C1CCCCC1. The summed E-state index contributed by atoms with van der Waals surface area (Å²) >= 11 is 0. The van der Waals surface area contributed by atoms with E-state index in [-0.39, 0.29) is 0 Å². The van der Waals surface area contributed by atoms with Crippen LogP contribution in [0.25, 0.3) is 0 Å². The number of nitrogens with one attached hydrogen (secondary N) is 1. The minimum atomic E-state index is -0.450. The number of carbonyl (C=O) groups is 2. The molecule has 0 aliphatic heterocycles. The molecule has 0 heterocycles. The first-order valence-electron chi connectivity index (χ1n) is 4.80. The van der Waals surface area contributed by atoms with Crippen LogP contribution in [-0.4, -0.2) is 19.5 Å². The number of rotatable bonds is 3. The summed E-state index contributed by atoms with van der Waals surface area (Å²) in [5.74, 6) is -0.450. The molecule has 0 aromatic carbocycles. The van der Waals surface area contributed by atoms with Crippen LogP contribution in [-0.2, 0) is 14.3 Å². The Morgan fingerprint density at radius 2 is 2.00 bits per heavy atom. The standard InChI is InChI=1S/C10H15NO3/c1-14-10(13)9(11-7-12)8-5-3-2-4-6-8/h7H,2-6H2,1H3,(H,11,12). The van der Waals surface area contributed by atoms with Crippen LogP contribution in [0, 0.1) is 0 Å². The summed E-state index contributed by atoms with van der Waals surface area (Å²) in [5.41, 5.74) is 1.34. The third-order valence-corrected chi connectivity index (χ3v) is 2.40. The van der Waals surface area contributed by atoms with E-state index in [2.05, 4.69) is 10.1 Å². The van der Waals surface area contributed by atoms with Gasteiger partial charge < -0.3 is 10.1 Å². The van der Waals surface area contributed by atoms with Crippen LogP contribution in [0.3, 0.4) is 0 Å². The highest BCUT2D eigenvalue weighted by Crippen LogP contribution is 2.25. The first kappa shape index (κ1) is 10.8. The molecule has 0 bridgehead atoms. The lowest BCUT2D eigenvalue weighted by Gasteiger charge is -2.17. The topological polar surface area (TPSA) is 55.4 Å². The van der Waals surface area contributed by atoms with Gasteiger partial charge in [-0.2, -0.15) is 0 Å². The molecule has 0 saturated heterocycles. The zero-order valence-corrected chi connectivity index (χ0v) is 8.34. The minimum absolute atomic E-state index is 0.335. The van der Waals surface area contributed by atoms with Gasteiger partial charge in [-0.25, -0.2) is 4.79 Å². The molecule has 0 atom stereocenters. The maximum atomic E-state index is 11.3. The molecule has 4 heteroatoms. The van der Waals surface area contributed by atoms with E-state index in [0.29, 0.717) is 12.1 Å². The van der Waals surface area contributed by atoms with Crippen molar-refractivity contribution in [2.45, 2.75) is 32.1 Å². The number of methoxy groups -OCH3 is 1. The van der Waals surface area contributed by atoms with Gasteiger partial charge >= 0.3 is 5.97 Å². The third-order valence-electron chi connectivity index (χ3n) is 2.40. The van der Waals surface area contributed by atoms with Crippen molar-refractivity contribution in [3.05, 3.63) is 11.3 Å². The molecule has 1 saturated carbocycles. The van der Waals surface area contributed by atoms with Gasteiger partial charge in [0.15, 0.2) is 0 Å². The Balaban J connectivity index is 2.81. The van der Waals surface area contributed by atoms with Crippen molar-refractivity contribution in [2.24, 2.45) is 0 Å². The fourth-order valence-electron chi connectivity index (χ4n) is 1.69. The zero-order chi connectivity index (χ0) is 10.4. The van der Waals surface area contributed by atoms with E-state index in [4.69, 9.17) is 0 Å². The van der Waals surface area contributed by atoms with E-state index >= 15 is 0 Å². The second-order valence-corrected chi connectivity index (χ2v) is 3.29. The quantitative estimate of drug-likeness (QED) is 0.419. The molecule has 1 rings (SSSR count). The van der Waals surface area contributed by atoms with Gasteiger partial charge in [0.05, 0.1) is 7.11 Å². The molecule has 1 N–H and O–H groups in total. The highest BCUT2D eigenvalue weighted by Gasteiger charge is 2.17. The summed E-state index contributed by atoms with van der Waals surface area (Å²) in [6.07, 6.45) is 5.64. The Bertz CT molecular complexity index is 250. The van der Waals surface area contributed by atoms with E-state index in [1.54, 1.807) is 0 Å². The summed E-state index contributed by atoms with van der Waals surface area (Å²) in [5, 5.41) is 2.43. The Morgan fingerprint density at radius 1 is 1.36 bits per heavy atom. The average Bonchev–Trinajstić information content (AvgIpc) is 2.26. The summed E-state index contributed by atoms with van der Waals surface area (Å²) < 4.78 is 4.60. The Labute approximate surface area is 83.3 Å². The molecule has 0 radical (unpaired) electrons. The van der Waals surface area contributed by atoms with Crippen LogP contribution in [0.2, 0.25) is 0 Å². The predicted octanol–water partition coefficient (Wildman–Crippen LogP) is 1.12. The predicted molar refractivity (Wildman–Crippen MR) is 51.3 cm³/mol. The van der Waals surface area contributed by atoms with Gasteiger partial charge in [0.1, 0.15) is 5.70 Å². The van der Waals surface area contributed by atoms with E-state index < -0.39 is 5.97 Å². The highest BCUT2D eigenvalue weighted by molar-refractivity contribution is 5.91. The van der Waals surface area contributed by atoms with Crippen molar-refractivity contribution < 1.29 is 14.3 Å². The molecule has 0 unspecified atom stereocenters. The minimum Gasteiger partial charge on any atom is -0.464 e. The summed E-state index contributed by atoms with van der Waals surface area (Å²) in [4.78, 5) is 21.6. The Morgan fingerprint density at radius 3 is 2.50 bits per heavy atom. The second-order valence-electron chi connectivity index (χ2n) is 3.29. The summed E-state index contributed by atoms with van der Waals surface area (Å²) in [6.45, 7) is 0. The molecule has 1 aliphatic carbocycles. The molecule has 0 spiro atoms. The number of hydrogen-bond donors (Lipinski definition) is 1. The van der Waals surface area contributed by atoms with Gasteiger partial charge in [0.25, 0.3) is 0 Å². The van der Waals surface area contributed by atoms with E-state index in [0.717, 1.165) is 31.3 Å². The Kier molecular flexibility index (Phi) is 4.16. The van der Waals surface area contributed by atoms with Crippen LogP contribution < -0.4 is 5.32 Å². The van der Waals surface area contributed by atoms with Gasteiger partial charge in [-0.3, -0.25) is 4.79 Å². The number of esters is 1. The highest BCUT2D eigenvalue weighted by atomic mass is 16.5. The summed E-state index contributed by atoms with van der Waals surface area (Å²) in [6, 6.07) is 0. The van der Waals surface area contributed by atoms with Gasteiger partial charge in [-0.05, 0) is 31.3 Å². The molecule has 0 aromatic rings. The molecule has 1 aliphatic rings. The number of ether oxygens (including phenoxy) is 1. The van der Waals surface area contributed by atoms with Crippen molar-refractivity contribution in [3.63, 3.8) is 0 Å². The Hall–Kier alpha value is -1.32. The lowest BCUT2D eigenvalue weighted by Crippen LogP contribution is -2.23. The monoisotopic (exact) mass is 197 g/mol. The lowest BCUT2D eigenvalue weighted by atomic mass is 9.93. The molecule has 78 valence electrons. The first-order chi connectivity index (χ1) is 6.79. The van der Waals surface area contributed by atoms with Crippen molar-refractivity contribution in [2.75, 3.05) is 7.11 Å². The number of carbonyl (C=O) groups excluding carboxylic acids is 2. The van der Waals surface area contributed by atoms with Crippen LogP contribution in [0.15, 0.2) is 11.3 Å². The van der Waals surface area contributed by atoms with Crippen LogP contribution in [0.5, 0.6) is 0 Å². The molecule has 0 aromatic heterocycles. The first-order valence-corrected chi connectivity index (χ1v) is 4.80. The van der Waals surface area contributed by atoms with Gasteiger partial charge in [0, 0.05) is 0 Å². The molecular weight excluding hydrogens is 182 g/mol. The van der Waals surface area contributed by atoms with Crippen molar-refractivity contribution in [1.82, 2.24) is 5.32 Å². The number of allylic oxidation sites excluding steroid dienone is 1. The lowest BCUT2D eigenvalue weighted by molar-refractivity contribution is -0.137. The van der Waals surface area contributed by atoms with E-state index in [1.165, 1.54) is 13.5 Å². The smallest absolute Gasteiger partial charge is 0.354 e. The normalized spacial score (nSPS) is 15.9. The molecular formula is C10H15NO3. The van der Waals surface area contributed by atoms with Gasteiger partial charge in [-0.1, -0.05) is 6.42 Å².